The summed E-state index contributed by atoms with van der Waals surface area (Å²) in [6.45, 7) is 5.87. The van der Waals surface area contributed by atoms with Gasteiger partial charge in [-0.25, -0.2) is 4.98 Å². The van der Waals surface area contributed by atoms with E-state index in [1.165, 1.54) is 16.2 Å². The number of amides is 3. The Morgan fingerprint density at radius 3 is 2.36 bits per heavy atom. The van der Waals surface area contributed by atoms with Crippen LogP contribution in [0, 0.1) is 24.7 Å². The third kappa shape index (κ3) is 3.51. The number of aryl methyl sites for hydroxylation is 1. The van der Waals surface area contributed by atoms with Gasteiger partial charge in [-0.2, -0.15) is 0 Å². The fourth-order valence-electron chi connectivity index (χ4n) is 3.51. The van der Waals surface area contributed by atoms with Gasteiger partial charge in [-0.05, 0) is 32.1 Å². The van der Waals surface area contributed by atoms with E-state index < -0.39 is 6.04 Å². The number of rotatable bonds is 5. The van der Waals surface area contributed by atoms with Crippen LogP contribution in [0.15, 0.2) is 18.3 Å². The highest BCUT2D eigenvalue weighted by atomic mass is 32.1. The molecule has 0 bridgehead atoms. The van der Waals surface area contributed by atoms with Crippen LogP contribution in [-0.2, 0) is 14.4 Å². The minimum Gasteiger partial charge on any atom is -0.300 e. The van der Waals surface area contributed by atoms with Crippen LogP contribution in [0.2, 0.25) is 0 Å². The second kappa shape index (κ2) is 7.07. The SMILES string of the molecule is Cc1cnc(NC(=O)[C@H](CC(C)C)N2C(=O)[C@H]3CC=CC[C@H]3C2=O)s1. The molecule has 0 unspecified atom stereocenters. The van der Waals surface area contributed by atoms with Gasteiger partial charge >= 0.3 is 0 Å². The summed E-state index contributed by atoms with van der Waals surface area (Å²) >= 11 is 1.38. The highest BCUT2D eigenvalue weighted by Crippen LogP contribution is 2.37. The fraction of sp³-hybridized carbons (Fsp3) is 0.556. The van der Waals surface area contributed by atoms with Gasteiger partial charge in [-0.1, -0.05) is 26.0 Å². The van der Waals surface area contributed by atoms with E-state index >= 15 is 0 Å². The Morgan fingerprint density at radius 2 is 1.88 bits per heavy atom. The van der Waals surface area contributed by atoms with Crippen molar-refractivity contribution < 1.29 is 14.4 Å². The van der Waals surface area contributed by atoms with Crippen molar-refractivity contribution in [3.05, 3.63) is 23.2 Å². The predicted molar refractivity (Wildman–Crippen MR) is 95.9 cm³/mol. The van der Waals surface area contributed by atoms with Crippen molar-refractivity contribution in [3.8, 4) is 0 Å². The highest BCUT2D eigenvalue weighted by molar-refractivity contribution is 7.15. The average molecular weight is 361 g/mol. The molecule has 7 heteroatoms. The standard InChI is InChI=1S/C18H23N3O3S/c1-10(2)8-14(15(22)20-18-19-9-11(3)25-18)21-16(23)12-6-4-5-7-13(12)17(21)24/h4-5,9-10,12-14H,6-8H2,1-3H3,(H,19,20,22)/t12-,13+,14-/m0/s1. The summed E-state index contributed by atoms with van der Waals surface area (Å²) in [4.78, 5) is 44.8. The number of aromatic nitrogens is 1. The number of carbonyl (C=O) groups is 3. The van der Waals surface area contributed by atoms with E-state index in [0.29, 0.717) is 24.4 Å². The zero-order chi connectivity index (χ0) is 18.1. The second-order valence-corrected chi connectivity index (χ2v) is 8.35. The van der Waals surface area contributed by atoms with Gasteiger partial charge < -0.3 is 5.32 Å². The molecule has 1 fully saturated rings. The predicted octanol–water partition coefficient (Wildman–Crippen LogP) is 2.76. The first-order valence-corrected chi connectivity index (χ1v) is 9.45. The number of hydrogen-bond acceptors (Lipinski definition) is 5. The topological polar surface area (TPSA) is 79.4 Å². The quantitative estimate of drug-likeness (QED) is 0.646. The van der Waals surface area contributed by atoms with E-state index in [1.54, 1.807) is 6.20 Å². The summed E-state index contributed by atoms with van der Waals surface area (Å²) in [5.74, 6) is -1.22. The van der Waals surface area contributed by atoms with E-state index in [0.717, 1.165) is 4.88 Å². The van der Waals surface area contributed by atoms with Gasteiger partial charge in [-0.3, -0.25) is 19.3 Å². The van der Waals surface area contributed by atoms with Gasteiger partial charge in [0.15, 0.2) is 5.13 Å². The van der Waals surface area contributed by atoms with Crippen LogP contribution in [0.25, 0.3) is 0 Å². The number of anilines is 1. The maximum atomic E-state index is 12.8. The number of hydrogen-bond donors (Lipinski definition) is 1. The molecule has 1 saturated heterocycles. The molecule has 25 heavy (non-hydrogen) atoms. The highest BCUT2D eigenvalue weighted by Gasteiger charge is 2.51. The van der Waals surface area contributed by atoms with Crippen molar-refractivity contribution in [2.75, 3.05) is 5.32 Å². The van der Waals surface area contributed by atoms with Gasteiger partial charge in [0.2, 0.25) is 17.7 Å². The molecule has 3 rings (SSSR count). The number of carbonyl (C=O) groups excluding carboxylic acids is 3. The number of nitrogens with zero attached hydrogens (tertiary/aromatic N) is 2. The second-order valence-electron chi connectivity index (χ2n) is 7.11. The lowest BCUT2D eigenvalue weighted by atomic mass is 9.85. The van der Waals surface area contributed by atoms with Gasteiger partial charge in [0.05, 0.1) is 11.8 Å². The Morgan fingerprint density at radius 1 is 1.28 bits per heavy atom. The van der Waals surface area contributed by atoms with E-state index in [4.69, 9.17) is 0 Å². The first-order valence-electron chi connectivity index (χ1n) is 8.63. The monoisotopic (exact) mass is 361 g/mol. The molecule has 0 saturated carbocycles. The van der Waals surface area contributed by atoms with Gasteiger partial charge in [-0.15, -0.1) is 11.3 Å². The van der Waals surface area contributed by atoms with Crippen LogP contribution in [0.4, 0.5) is 5.13 Å². The van der Waals surface area contributed by atoms with Crippen LogP contribution >= 0.6 is 11.3 Å². The van der Waals surface area contributed by atoms with Crippen LogP contribution in [0.3, 0.4) is 0 Å². The lowest BCUT2D eigenvalue weighted by Gasteiger charge is -2.26. The molecule has 1 aromatic rings. The molecule has 1 aliphatic carbocycles. The van der Waals surface area contributed by atoms with Gasteiger partial charge in [0.1, 0.15) is 6.04 Å². The molecule has 134 valence electrons. The Hall–Kier alpha value is -2.02. The third-order valence-corrected chi connectivity index (χ3v) is 5.53. The lowest BCUT2D eigenvalue weighted by molar-refractivity contribution is -0.147. The summed E-state index contributed by atoms with van der Waals surface area (Å²) in [6, 6.07) is -0.783. The fourth-order valence-corrected chi connectivity index (χ4v) is 4.18. The molecular formula is C18H23N3O3S. The number of likely N-dealkylation sites (tertiary alicyclic amines) is 1. The third-order valence-electron chi connectivity index (χ3n) is 4.70. The number of nitrogens with one attached hydrogen (secondary N) is 1. The Bertz CT molecular complexity index is 699. The molecule has 0 radical (unpaired) electrons. The molecule has 2 heterocycles. The van der Waals surface area contributed by atoms with E-state index in [2.05, 4.69) is 10.3 Å². The molecule has 2 aliphatic rings. The summed E-state index contributed by atoms with van der Waals surface area (Å²) in [7, 11) is 0. The molecule has 1 aliphatic heterocycles. The van der Waals surface area contributed by atoms with Crippen molar-refractivity contribution in [2.45, 2.75) is 46.1 Å². The van der Waals surface area contributed by atoms with Crippen LogP contribution in [0.1, 0.15) is 38.0 Å². The maximum Gasteiger partial charge on any atom is 0.249 e. The Balaban J connectivity index is 1.83. The maximum absolute atomic E-state index is 12.8. The smallest absolute Gasteiger partial charge is 0.249 e. The minimum atomic E-state index is -0.783. The summed E-state index contributed by atoms with van der Waals surface area (Å²) < 4.78 is 0. The average Bonchev–Trinajstić information content (AvgIpc) is 3.08. The van der Waals surface area contributed by atoms with Crippen LogP contribution in [0.5, 0.6) is 0 Å². The summed E-state index contributed by atoms with van der Waals surface area (Å²) in [5, 5.41) is 3.27. The number of allylic oxidation sites excluding steroid dienone is 2. The lowest BCUT2D eigenvalue weighted by Crippen LogP contribution is -2.48. The molecule has 0 aromatic carbocycles. The molecule has 6 nitrogen and oxygen atoms in total. The number of imide groups is 1. The molecule has 1 N–H and O–H groups in total. The Kier molecular flexibility index (Phi) is 5.03. The molecule has 1 aromatic heterocycles. The molecule has 0 spiro atoms. The molecular weight excluding hydrogens is 338 g/mol. The van der Waals surface area contributed by atoms with Crippen LogP contribution < -0.4 is 5.32 Å². The molecule has 3 amide bonds. The zero-order valence-electron chi connectivity index (χ0n) is 14.7. The first kappa shape index (κ1) is 17.8. The van der Waals surface area contributed by atoms with E-state index in [-0.39, 0.29) is 35.5 Å². The van der Waals surface area contributed by atoms with Gasteiger partial charge in [0.25, 0.3) is 0 Å². The Labute approximate surface area is 151 Å². The summed E-state index contributed by atoms with van der Waals surface area (Å²) in [6.07, 6.45) is 7.18. The number of thiazole rings is 1. The molecule has 3 atom stereocenters. The minimum absolute atomic E-state index is 0.176. The largest absolute Gasteiger partial charge is 0.300 e. The van der Waals surface area contributed by atoms with Crippen molar-refractivity contribution >= 4 is 34.2 Å². The first-order chi connectivity index (χ1) is 11.9. The van der Waals surface area contributed by atoms with Crippen molar-refractivity contribution in [2.24, 2.45) is 17.8 Å². The van der Waals surface area contributed by atoms with E-state index in [1.807, 2.05) is 32.9 Å². The normalized spacial score (nSPS) is 23.9. The van der Waals surface area contributed by atoms with Crippen molar-refractivity contribution in [3.63, 3.8) is 0 Å². The summed E-state index contributed by atoms with van der Waals surface area (Å²) in [5.41, 5.74) is 0. The van der Waals surface area contributed by atoms with Gasteiger partial charge in [0, 0.05) is 11.1 Å². The zero-order valence-corrected chi connectivity index (χ0v) is 15.5. The van der Waals surface area contributed by atoms with Crippen molar-refractivity contribution in [1.82, 2.24) is 9.88 Å². The number of fused-ring (bicyclic) bond motifs is 1. The van der Waals surface area contributed by atoms with Crippen molar-refractivity contribution in [1.29, 1.82) is 0 Å². The van der Waals surface area contributed by atoms with Crippen LogP contribution in [-0.4, -0.2) is 33.6 Å². The van der Waals surface area contributed by atoms with E-state index in [9.17, 15) is 14.4 Å².